The summed E-state index contributed by atoms with van der Waals surface area (Å²) in [5, 5.41) is 8.20. The van der Waals surface area contributed by atoms with Crippen molar-refractivity contribution >= 4 is 44.1 Å². The summed E-state index contributed by atoms with van der Waals surface area (Å²) in [6.07, 6.45) is 1.99. The monoisotopic (exact) mass is 678 g/mol. The van der Waals surface area contributed by atoms with Crippen molar-refractivity contribution in [1.82, 2.24) is 5.32 Å². The average Bonchev–Trinajstić information content (AvgIpc) is 3.62. The molecule has 10 rings (SSSR count). The van der Waals surface area contributed by atoms with Gasteiger partial charge in [-0.2, -0.15) is 0 Å². The SMILES string of the molecule is C1=C(c2ccccc2)NC(c2ccccc2)N=C1c1ccc(-c2cccc(-c3cc4c5ccc(-c6ccccc6)cc5oc4c4ccccc34)c2)cc1. The van der Waals surface area contributed by atoms with Crippen LogP contribution in [0, 0.1) is 0 Å². The van der Waals surface area contributed by atoms with Crippen LogP contribution < -0.4 is 5.32 Å². The van der Waals surface area contributed by atoms with Gasteiger partial charge in [0.1, 0.15) is 17.3 Å². The molecular formula is C50H34N2O. The van der Waals surface area contributed by atoms with Crippen molar-refractivity contribution in [2.24, 2.45) is 4.99 Å². The molecule has 0 saturated heterocycles. The van der Waals surface area contributed by atoms with Gasteiger partial charge < -0.3 is 9.73 Å². The van der Waals surface area contributed by atoms with Crippen molar-refractivity contribution < 1.29 is 4.42 Å². The van der Waals surface area contributed by atoms with Gasteiger partial charge in [-0.05, 0) is 85.8 Å². The Morgan fingerprint density at radius 2 is 1.00 bits per heavy atom. The van der Waals surface area contributed by atoms with Gasteiger partial charge in [-0.3, -0.25) is 4.99 Å². The summed E-state index contributed by atoms with van der Waals surface area (Å²) < 4.78 is 6.62. The largest absolute Gasteiger partial charge is 0.455 e. The number of aliphatic imine (C=N–C) groups is 1. The average molecular weight is 679 g/mol. The fourth-order valence-corrected chi connectivity index (χ4v) is 7.62. The maximum atomic E-state index is 6.62. The Morgan fingerprint density at radius 3 is 1.77 bits per heavy atom. The van der Waals surface area contributed by atoms with E-state index in [-0.39, 0.29) is 6.17 Å². The first kappa shape index (κ1) is 30.8. The van der Waals surface area contributed by atoms with Crippen molar-refractivity contribution in [2.45, 2.75) is 6.17 Å². The fraction of sp³-hybridized carbons (Fsp3) is 0.0200. The Hall–Kier alpha value is -6.97. The maximum Gasteiger partial charge on any atom is 0.145 e. The topological polar surface area (TPSA) is 37.5 Å². The molecule has 53 heavy (non-hydrogen) atoms. The second-order valence-corrected chi connectivity index (χ2v) is 13.6. The summed E-state index contributed by atoms with van der Waals surface area (Å²) in [5.41, 5.74) is 14.2. The third-order valence-corrected chi connectivity index (χ3v) is 10.3. The first-order valence-corrected chi connectivity index (χ1v) is 18.1. The number of nitrogens with zero attached hydrogens (tertiary/aromatic N) is 1. The Labute approximate surface area is 308 Å². The van der Waals surface area contributed by atoms with Crippen molar-refractivity contribution in [1.29, 1.82) is 0 Å². The van der Waals surface area contributed by atoms with Crippen LogP contribution in [0.4, 0.5) is 0 Å². The molecule has 0 amide bonds. The summed E-state index contributed by atoms with van der Waals surface area (Å²) in [6, 6.07) is 66.5. The van der Waals surface area contributed by atoms with E-state index in [9.17, 15) is 0 Å². The molecule has 0 spiro atoms. The number of benzene rings is 8. The molecule has 0 saturated carbocycles. The van der Waals surface area contributed by atoms with Crippen molar-refractivity contribution in [3.63, 3.8) is 0 Å². The standard InChI is InChI=1S/C50H34N2O/c1-4-13-33(14-5-1)39-27-28-42-45-31-44(41-21-10-11-22-43(41)49(45)53-48(42)30-39)40-20-12-19-38(29-40)34-23-25-36(26-24-34)47-32-46(35-15-6-2-7-16-35)51-50(52-47)37-17-8-3-9-18-37/h1-32,50-51H. The molecule has 2 heterocycles. The highest BCUT2D eigenvalue weighted by atomic mass is 16.3. The number of rotatable bonds is 6. The minimum Gasteiger partial charge on any atom is -0.455 e. The second kappa shape index (κ2) is 13.0. The summed E-state index contributed by atoms with van der Waals surface area (Å²) >= 11 is 0. The lowest BCUT2D eigenvalue weighted by molar-refractivity contribution is 0.664. The van der Waals surface area contributed by atoms with Crippen LogP contribution in [0.2, 0.25) is 0 Å². The highest BCUT2D eigenvalue weighted by Crippen LogP contribution is 2.41. The number of furan rings is 1. The molecule has 0 bridgehead atoms. The number of allylic oxidation sites excluding steroid dienone is 1. The molecule has 1 N–H and O–H groups in total. The Kier molecular flexibility index (Phi) is 7.54. The Balaban J connectivity index is 1.02. The predicted octanol–water partition coefficient (Wildman–Crippen LogP) is 12.9. The predicted molar refractivity (Wildman–Crippen MR) is 221 cm³/mol. The van der Waals surface area contributed by atoms with Crippen LogP contribution >= 0.6 is 0 Å². The van der Waals surface area contributed by atoms with Gasteiger partial charge in [0.25, 0.3) is 0 Å². The molecule has 250 valence electrons. The van der Waals surface area contributed by atoms with Gasteiger partial charge in [-0.25, -0.2) is 0 Å². The van der Waals surface area contributed by atoms with Crippen LogP contribution in [0.25, 0.3) is 71.8 Å². The minimum atomic E-state index is -0.173. The van der Waals surface area contributed by atoms with Gasteiger partial charge in [-0.15, -0.1) is 0 Å². The lowest BCUT2D eigenvalue weighted by atomic mass is 9.92. The van der Waals surface area contributed by atoms with Crippen molar-refractivity contribution in [3.8, 4) is 33.4 Å². The van der Waals surface area contributed by atoms with Crippen LogP contribution in [-0.2, 0) is 0 Å². The Morgan fingerprint density at radius 1 is 0.415 bits per heavy atom. The van der Waals surface area contributed by atoms with Gasteiger partial charge in [0.2, 0.25) is 0 Å². The number of hydrogen-bond donors (Lipinski definition) is 1. The fourth-order valence-electron chi connectivity index (χ4n) is 7.62. The van der Waals surface area contributed by atoms with Crippen molar-refractivity contribution in [2.75, 3.05) is 0 Å². The van der Waals surface area contributed by atoms with E-state index in [1.54, 1.807) is 0 Å². The summed E-state index contributed by atoms with van der Waals surface area (Å²) in [7, 11) is 0. The zero-order valence-corrected chi connectivity index (χ0v) is 28.9. The summed E-state index contributed by atoms with van der Waals surface area (Å²) in [6.45, 7) is 0. The van der Waals surface area contributed by atoms with Gasteiger partial charge in [0.05, 0.1) is 5.71 Å². The van der Waals surface area contributed by atoms with E-state index >= 15 is 0 Å². The molecule has 8 aromatic carbocycles. The van der Waals surface area contributed by atoms with Gasteiger partial charge in [-0.1, -0.05) is 164 Å². The lowest BCUT2D eigenvalue weighted by Crippen LogP contribution is -2.24. The molecular weight excluding hydrogens is 645 g/mol. The van der Waals surface area contributed by atoms with Crippen LogP contribution in [0.1, 0.15) is 22.9 Å². The normalized spacial score (nSPS) is 14.2. The first-order chi connectivity index (χ1) is 26.2. The molecule has 3 nitrogen and oxygen atoms in total. The molecule has 0 aliphatic carbocycles. The molecule has 1 aromatic heterocycles. The number of hydrogen-bond acceptors (Lipinski definition) is 3. The summed E-state index contributed by atoms with van der Waals surface area (Å²) in [4.78, 5) is 5.17. The van der Waals surface area contributed by atoms with E-state index in [2.05, 4.69) is 181 Å². The highest BCUT2D eigenvalue weighted by Gasteiger charge is 2.20. The zero-order valence-electron chi connectivity index (χ0n) is 28.9. The smallest absolute Gasteiger partial charge is 0.145 e. The number of fused-ring (bicyclic) bond motifs is 5. The van der Waals surface area contributed by atoms with E-state index in [4.69, 9.17) is 9.41 Å². The van der Waals surface area contributed by atoms with Crippen LogP contribution in [-0.4, -0.2) is 5.71 Å². The first-order valence-electron chi connectivity index (χ1n) is 18.1. The molecule has 3 heteroatoms. The zero-order chi connectivity index (χ0) is 35.1. The Bertz CT molecular complexity index is 2830. The summed E-state index contributed by atoms with van der Waals surface area (Å²) in [5.74, 6) is 0. The van der Waals surface area contributed by atoms with E-state index < -0.39 is 0 Å². The quantitative estimate of drug-likeness (QED) is 0.190. The van der Waals surface area contributed by atoms with E-state index in [1.165, 1.54) is 22.1 Å². The van der Waals surface area contributed by atoms with E-state index in [1.807, 2.05) is 18.2 Å². The lowest BCUT2D eigenvalue weighted by Gasteiger charge is -2.25. The molecule has 1 aliphatic rings. The molecule has 0 fully saturated rings. The van der Waals surface area contributed by atoms with Gasteiger partial charge >= 0.3 is 0 Å². The van der Waals surface area contributed by atoms with Crippen molar-refractivity contribution in [3.05, 3.63) is 211 Å². The van der Waals surface area contributed by atoms with Gasteiger partial charge in [0, 0.05) is 21.9 Å². The van der Waals surface area contributed by atoms with Crippen LogP contribution in [0.15, 0.2) is 204 Å². The third-order valence-electron chi connectivity index (χ3n) is 10.3. The minimum absolute atomic E-state index is 0.173. The molecule has 0 radical (unpaired) electrons. The molecule has 1 atom stereocenters. The van der Waals surface area contributed by atoms with E-state index in [0.29, 0.717) is 0 Å². The number of nitrogens with one attached hydrogen (secondary N) is 1. The molecule has 9 aromatic rings. The second-order valence-electron chi connectivity index (χ2n) is 13.6. The highest BCUT2D eigenvalue weighted by molar-refractivity contribution is 6.19. The molecule has 1 unspecified atom stereocenters. The molecule has 1 aliphatic heterocycles. The van der Waals surface area contributed by atoms with Gasteiger partial charge in [0.15, 0.2) is 0 Å². The van der Waals surface area contributed by atoms with E-state index in [0.717, 1.165) is 72.1 Å². The van der Waals surface area contributed by atoms with Crippen LogP contribution in [0.5, 0.6) is 0 Å². The third kappa shape index (κ3) is 5.69. The van der Waals surface area contributed by atoms with Crippen LogP contribution in [0.3, 0.4) is 0 Å². The maximum absolute atomic E-state index is 6.62.